The summed E-state index contributed by atoms with van der Waals surface area (Å²) >= 11 is 6.27. The lowest BCUT2D eigenvalue weighted by atomic mass is 9.87. The molecule has 5 nitrogen and oxygen atoms in total. The molecule has 0 atom stereocenters. The van der Waals surface area contributed by atoms with Gasteiger partial charge in [0.1, 0.15) is 11.4 Å². The predicted molar refractivity (Wildman–Crippen MR) is 133 cm³/mol. The van der Waals surface area contributed by atoms with E-state index in [1.54, 1.807) is 18.2 Å². The average Bonchev–Trinajstić information content (AvgIpc) is 3.03. The zero-order valence-corrected chi connectivity index (χ0v) is 19.7. The normalized spacial score (nSPS) is 14.2. The zero-order chi connectivity index (χ0) is 23.8. The van der Waals surface area contributed by atoms with E-state index in [1.807, 2.05) is 54.6 Å². The number of methoxy groups -OCH3 is 1. The van der Waals surface area contributed by atoms with E-state index in [0.29, 0.717) is 33.3 Å². The Kier molecular flexibility index (Phi) is 6.00. The summed E-state index contributed by atoms with van der Waals surface area (Å²) in [5.74, 6) is -0.278. The van der Waals surface area contributed by atoms with Gasteiger partial charge in [0.25, 0.3) is 11.8 Å². The summed E-state index contributed by atoms with van der Waals surface area (Å²) in [6.45, 7) is 6.35. The molecule has 1 N–H and O–H groups in total. The van der Waals surface area contributed by atoms with Gasteiger partial charge in [-0.3, -0.25) is 9.59 Å². The largest absolute Gasteiger partial charge is 0.495 e. The smallest absolute Gasteiger partial charge is 0.282 e. The van der Waals surface area contributed by atoms with Gasteiger partial charge in [-0.2, -0.15) is 0 Å². The molecule has 0 saturated carbocycles. The first-order chi connectivity index (χ1) is 15.7. The lowest BCUT2D eigenvalue weighted by molar-refractivity contribution is -0.120. The summed E-state index contributed by atoms with van der Waals surface area (Å²) in [5, 5.41) is 3.52. The highest BCUT2D eigenvalue weighted by Crippen LogP contribution is 2.36. The number of imide groups is 1. The summed E-state index contributed by atoms with van der Waals surface area (Å²) in [4.78, 5) is 28.3. The lowest BCUT2D eigenvalue weighted by Gasteiger charge is -2.21. The zero-order valence-electron chi connectivity index (χ0n) is 19.0. The maximum Gasteiger partial charge on any atom is 0.282 e. The Labute approximate surface area is 198 Å². The highest BCUT2D eigenvalue weighted by Gasteiger charge is 2.40. The van der Waals surface area contributed by atoms with E-state index in [9.17, 15) is 9.59 Å². The van der Waals surface area contributed by atoms with Crippen LogP contribution in [-0.2, 0) is 15.0 Å². The summed E-state index contributed by atoms with van der Waals surface area (Å²) < 4.78 is 5.21. The number of amides is 2. The molecular weight excluding hydrogens is 436 g/mol. The Hall–Kier alpha value is -3.57. The molecule has 33 heavy (non-hydrogen) atoms. The number of carbonyl (C=O) groups excluding carboxylic acids is 2. The summed E-state index contributed by atoms with van der Waals surface area (Å²) in [6, 6.07) is 21.8. The fraction of sp³-hybridized carbons (Fsp3) is 0.185. The summed E-state index contributed by atoms with van der Waals surface area (Å²) in [7, 11) is 1.53. The number of benzene rings is 3. The molecule has 0 radical (unpaired) electrons. The topological polar surface area (TPSA) is 58.6 Å². The van der Waals surface area contributed by atoms with Crippen LogP contribution in [0.5, 0.6) is 5.75 Å². The van der Waals surface area contributed by atoms with E-state index in [-0.39, 0.29) is 17.0 Å². The number of nitrogens with zero attached hydrogens (tertiary/aromatic N) is 1. The second-order valence-electron chi connectivity index (χ2n) is 8.83. The highest BCUT2D eigenvalue weighted by atomic mass is 35.5. The Balaban J connectivity index is 1.76. The van der Waals surface area contributed by atoms with Crippen LogP contribution in [0.2, 0.25) is 5.02 Å². The number of hydrogen-bond donors (Lipinski definition) is 1. The number of carbonyl (C=O) groups is 2. The number of halogens is 1. The maximum atomic E-state index is 13.5. The molecule has 3 aromatic carbocycles. The number of ether oxygens (including phenoxy) is 1. The van der Waals surface area contributed by atoms with Gasteiger partial charge in [-0.15, -0.1) is 0 Å². The first-order valence-electron chi connectivity index (χ1n) is 10.6. The molecule has 6 heteroatoms. The molecule has 0 bridgehead atoms. The van der Waals surface area contributed by atoms with E-state index >= 15 is 0 Å². The van der Waals surface area contributed by atoms with Gasteiger partial charge in [0, 0.05) is 5.69 Å². The number of anilines is 2. The van der Waals surface area contributed by atoms with Crippen molar-refractivity contribution in [3.8, 4) is 5.75 Å². The molecule has 0 saturated heterocycles. The second kappa shape index (κ2) is 8.75. The molecule has 2 amide bonds. The maximum absolute atomic E-state index is 13.5. The molecule has 0 spiro atoms. The van der Waals surface area contributed by atoms with Crippen LogP contribution in [0.3, 0.4) is 0 Å². The van der Waals surface area contributed by atoms with Crippen molar-refractivity contribution in [1.82, 2.24) is 0 Å². The third-order valence-corrected chi connectivity index (χ3v) is 5.85. The summed E-state index contributed by atoms with van der Waals surface area (Å²) in [6.07, 6.45) is 0. The van der Waals surface area contributed by atoms with Crippen LogP contribution in [-0.4, -0.2) is 18.9 Å². The van der Waals surface area contributed by atoms with Crippen LogP contribution in [0.4, 0.5) is 11.4 Å². The van der Waals surface area contributed by atoms with Crippen molar-refractivity contribution in [3.05, 3.63) is 94.6 Å². The van der Waals surface area contributed by atoms with E-state index in [1.165, 1.54) is 12.0 Å². The average molecular weight is 461 g/mol. The standard InChI is InChI=1S/C27H25ClN2O3/c1-27(2,3)18-10-13-20(14-11-18)30-25(31)23(17-8-6-5-7-9-17)24(26(30)32)29-19-12-15-22(33-4)21(28)16-19/h5-16,29H,1-4H3. The minimum absolute atomic E-state index is 0.0364. The Morgan fingerprint density at radius 1 is 0.879 bits per heavy atom. The fourth-order valence-electron chi connectivity index (χ4n) is 3.75. The molecule has 4 rings (SSSR count). The van der Waals surface area contributed by atoms with Gasteiger partial charge in [-0.25, -0.2) is 4.90 Å². The first-order valence-corrected chi connectivity index (χ1v) is 11.0. The van der Waals surface area contributed by atoms with Crippen molar-refractivity contribution >= 4 is 40.4 Å². The molecule has 3 aromatic rings. The van der Waals surface area contributed by atoms with E-state index in [4.69, 9.17) is 16.3 Å². The SMILES string of the molecule is COc1ccc(NC2=C(c3ccccc3)C(=O)N(c3ccc(C(C)(C)C)cc3)C2=O)cc1Cl. The van der Waals surface area contributed by atoms with Crippen LogP contribution in [0.1, 0.15) is 31.9 Å². The molecule has 0 aliphatic carbocycles. The van der Waals surface area contributed by atoms with Crippen molar-refractivity contribution < 1.29 is 14.3 Å². The molecule has 0 aromatic heterocycles. The van der Waals surface area contributed by atoms with Gasteiger partial charge in [-0.05, 0) is 46.9 Å². The second-order valence-corrected chi connectivity index (χ2v) is 9.24. The number of nitrogens with one attached hydrogen (secondary N) is 1. The van der Waals surface area contributed by atoms with Gasteiger partial charge < -0.3 is 10.1 Å². The van der Waals surface area contributed by atoms with E-state index < -0.39 is 5.91 Å². The van der Waals surface area contributed by atoms with Crippen LogP contribution >= 0.6 is 11.6 Å². The van der Waals surface area contributed by atoms with E-state index in [2.05, 4.69) is 26.1 Å². The third-order valence-electron chi connectivity index (χ3n) is 5.56. The molecule has 168 valence electrons. The highest BCUT2D eigenvalue weighted by molar-refractivity contribution is 6.46. The monoisotopic (exact) mass is 460 g/mol. The molecule has 1 aliphatic rings. The van der Waals surface area contributed by atoms with Gasteiger partial charge in [-0.1, -0.05) is 74.8 Å². The minimum Gasteiger partial charge on any atom is -0.495 e. The Morgan fingerprint density at radius 2 is 1.55 bits per heavy atom. The van der Waals surface area contributed by atoms with Crippen LogP contribution in [0.15, 0.2) is 78.5 Å². The lowest BCUT2D eigenvalue weighted by Crippen LogP contribution is -2.32. The molecule has 1 aliphatic heterocycles. The van der Waals surface area contributed by atoms with Crippen molar-refractivity contribution in [2.75, 3.05) is 17.3 Å². The quantitative estimate of drug-likeness (QED) is 0.471. The van der Waals surface area contributed by atoms with Crippen molar-refractivity contribution in [3.63, 3.8) is 0 Å². The van der Waals surface area contributed by atoms with Crippen molar-refractivity contribution in [2.24, 2.45) is 0 Å². The number of rotatable bonds is 5. The van der Waals surface area contributed by atoms with Crippen LogP contribution < -0.4 is 15.0 Å². The molecule has 1 heterocycles. The van der Waals surface area contributed by atoms with Gasteiger partial charge in [0.2, 0.25) is 0 Å². The predicted octanol–water partition coefficient (Wildman–Crippen LogP) is 6.04. The fourth-order valence-corrected chi connectivity index (χ4v) is 4.01. The molecule has 0 fully saturated rings. The Morgan fingerprint density at radius 3 is 2.12 bits per heavy atom. The van der Waals surface area contributed by atoms with Crippen LogP contribution in [0.25, 0.3) is 5.57 Å². The van der Waals surface area contributed by atoms with Crippen molar-refractivity contribution in [1.29, 1.82) is 0 Å². The molecule has 0 unspecified atom stereocenters. The number of hydrogen-bond acceptors (Lipinski definition) is 4. The first kappa shape index (κ1) is 22.6. The van der Waals surface area contributed by atoms with Crippen LogP contribution in [0, 0.1) is 0 Å². The summed E-state index contributed by atoms with van der Waals surface area (Å²) in [5.41, 5.74) is 3.36. The minimum atomic E-state index is -0.422. The molecular formula is C27H25ClN2O3. The van der Waals surface area contributed by atoms with Crippen molar-refractivity contribution in [2.45, 2.75) is 26.2 Å². The van der Waals surface area contributed by atoms with E-state index in [0.717, 1.165) is 5.56 Å². The Bertz CT molecular complexity index is 1240. The third kappa shape index (κ3) is 4.37. The van der Waals surface area contributed by atoms with Gasteiger partial charge in [0.15, 0.2) is 0 Å². The van der Waals surface area contributed by atoms with Gasteiger partial charge >= 0.3 is 0 Å². The van der Waals surface area contributed by atoms with Gasteiger partial charge in [0.05, 0.1) is 23.4 Å².